The van der Waals surface area contributed by atoms with Gasteiger partial charge in [0.05, 0.1) is 0 Å². The number of aromatic amines is 1. The number of carboxylic acid groups (broad SMARTS) is 1. The Balaban J connectivity index is 2.64. The van der Waals surface area contributed by atoms with Crippen LogP contribution in [0.3, 0.4) is 0 Å². The van der Waals surface area contributed by atoms with Crippen LogP contribution in [-0.4, -0.2) is 49.9 Å². The number of carboxylic acids is 1. The number of aliphatic carboxylic acids is 1. The molecular weight excluding hydrogens is 240 g/mol. The van der Waals surface area contributed by atoms with Crippen molar-refractivity contribution in [2.45, 2.75) is 32.2 Å². The molecule has 0 spiro atoms. The van der Waals surface area contributed by atoms with Gasteiger partial charge in [-0.15, -0.1) is 5.10 Å². The molecule has 0 aliphatic carbocycles. The van der Waals surface area contributed by atoms with Crippen LogP contribution in [0.1, 0.15) is 36.2 Å². The second kappa shape index (κ2) is 6.70. The number of rotatable bonds is 7. The predicted octanol–water partition coefficient (Wildman–Crippen LogP) is -0.677. The number of hydrogen-bond acceptors (Lipinski definition) is 5. The van der Waals surface area contributed by atoms with Crippen molar-refractivity contribution in [3.63, 3.8) is 0 Å². The predicted molar refractivity (Wildman–Crippen MR) is 61.0 cm³/mol. The van der Waals surface area contributed by atoms with Gasteiger partial charge in [-0.1, -0.05) is 6.92 Å². The van der Waals surface area contributed by atoms with Gasteiger partial charge in [0.2, 0.25) is 5.82 Å². The summed E-state index contributed by atoms with van der Waals surface area (Å²) in [7, 11) is 0. The SMILES string of the molecule is CCCc1nc(C(=O)N[C@@H](CCO)C(=O)O)n[nH]1. The highest BCUT2D eigenvalue weighted by Gasteiger charge is 2.22. The first-order valence-corrected chi connectivity index (χ1v) is 5.64. The standard InChI is InChI=1S/C10H16N4O4/c1-2-3-7-12-8(14-13-7)9(16)11-6(4-5-15)10(17)18/h6,15H,2-5H2,1H3,(H,11,16)(H,17,18)(H,12,13,14)/t6-/m0/s1. The minimum atomic E-state index is -1.21. The van der Waals surface area contributed by atoms with E-state index < -0.39 is 17.9 Å². The quantitative estimate of drug-likeness (QED) is 0.512. The third kappa shape index (κ3) is 3.81. The Bertz CT molecular complexity index is 418. The molecule has 0 aliphatic heterocycles. The highest BCUT2D eigenvalue weighted by Crippen LogP contribution is 1.98. The lowest BCUT2D eigenvalue weighted by Crippen LogP contribution is -2.41. The molecule has 0 fully saturated rings. The van der Waals surface area contributed by atoms with E-state index in [2.05, 4.69) is 20.5 Å². The zero-order valence-electron chi connectivity index (χ0n) is 10.0. The molecule has 0 saturated carbocycles. The maximum Gasteiger partial charge on any atom is 0.326 e. The number of aliphatic hydroxyl groups excluding tert-OH is 1. The van der Waals surface area contributed by atoms with Gasteiger partial charge in [-0.2, -0.15) is 0 Å². The molecule has 18 heavy (non-hydrogen) atoms. The molecule has 100 valence electrons. The summed E-state index contributed by atoms with van der Waals surface area (Å²) >= 11 is 0. The van der Waals surface area contributed by atoms with E-state index in [-0.39, 0.29) is 18.9 Å². The largest absolute Gasteiger partial charge is 0.480 e. The molecule has 1 atom stereocenters. The van der Waals surface area contributed by atoms with Gasteiger partial charge < -0.3 is 15.5 Å². The second-order valence-electron chi connectivity index (χ2n) is 3.73. The molecule has 0 unspecified atom stereocenters. The zero-order valence-corrected chi connectivity index (χ0v) is 10.0. The van der Waals surface area contributed by atoms with E-state index >= 15 is 0 Å². The summed E-state index contributed by atoms with van der Waals surface area (Å²) in [5, 5.41) is 26.1. The second-order valence-corrected chi connectivity index (χ2v) is 3.73. The van der Waals surface area contributed by atoms with E-state index in [4.69, 9.17) is 10.2 Å². The molecule has 8 heteroatoms. The number of amides is 1. The maximum atomic E-state index is 11.7. The third-order valence-electron chi connectivity index (χ3n) is 2.24. The fraction of sp³-hybridized carbons (Fsp3) is 0.600. The normalized spacial score (nSPS) is 12.1. The third-order valence-corrected chi connectivity index (χ3v) is 2.24. The summed E-state index contributed by atoms with van der Waals surface area (Å²) in [5.41, 5.74) is 0. The maximum absolute atomic E-state index is 11.7. The van der Waals surface area contributed by atoms with Crippen LogP contribution in [0.4, 0.5) is 0 Å². The van der Waals surface area contributed by atoms with Gasteiger partial charge in [0.15, 0.2) is 0 Å². The summed E-state index contributed by atoms with van der Waals surface area (Å²) < 4.78 is 0. The highest BCUT2D eigenvalue weighted by molar-refractivity contribution is 5.93. The van der Waals surface area contributed by atoms with Crippen molar-refractivity contribution in [3.8, 4) is 0 Å². The van der Waals surface area contributed by atoms with E-state index in [0.29, 0.717) is 12.2 Å². The van der Waals surface area contributed by atoms with Gasteiger partial charge in [0.1, 0.15) is 11.9 Å². The van der Waals surface area contributed by atoms with Crippen molar-refractivity contribution >= 4 is 11.9 Å². The molecule has 0 aliphatic rings. The monoisotopic (exact) mass is 256 g/mol. The molecule has 1 aromatic heterocycles. The molecule has 0 aromatic carbocycles. The van der Waals surface area contributed by atoms with Crippen molar-refractivity contribution in [2.75, 3.05) is 6.61 Å². The smallest absolute Gasteiger partial charge is 0.326 e. The molecule has 1 aromatic rings. The topological polar surface area (TPSA) is 128 Å². The van der Waals surface area contributed by atoms with Crippen LogP contribution in [0.2, 0.25) is 0 Å². The van der Waals surface area contributed by atoms with Crippen LogP contribution in [0.25, 0.3) is 0 Å². The van der Waals surface area contributed by atoms with E-state index in [0.717, 1.165) is 6.42 Å². The van der Waals surface area contributed by atoms with Gasteiger partial charge in [0, 0.05) is 19.4 Å². The van der Waals surface area contributed by atoms with Gasteiger partial charge in [0.25, 0.3) is 5.91 Å². The van der Waals surface area contributed by atoms with Gasteiger partial charge in [-0.25, -0.2) is 9.78 Å². The van der Waals surface area contributed by atoms with Crippen molar-refractivity contribution in [1.82, 2.24) is 20.5 Å². The molecule has 1 heterocycles. The van der Waals surface area contributed by atoms with Crippen LogP contribution < -0.4 is 5.32 Å². The Kier molecular flexibility index (Phi) is 5.25. The number of nitrogens with zero attached hydrogens (tertiary/aromatic N) is 2. The number of aryl methyl sites for hydroxylation is 1. The Hall–Kier alpha value is -1.96. The summed E-state index contributed by atoms with van der Waals surface area (Å²) in [6.07, 6.45) is 1.46. The average molecular weight is 256 g/mol. The van der Waals surface area contributed by atoms with Gasteiger partial charge >= 0.3 is 5.97 Å². The van der Waals surface area contributed by atoms with Crippen LogP contribution in [0.15, 0.2) is 0 Å². The van der Waals surface area contributed by atoms with Crippen molar-refractivity contribution in [1.29, 1.82) is 0 Å². The summed E-state index contributed by atoms with van der Waals surface area (Å²) in [5.74, 6) is -1.39. The van der Waals surface area contributed by atoms with Crippen molar-refractivity contribution in [3.05, 3.63) is 11.6 Å². The minimum Gasteiger partial charge on any atom is -0.480 e. The number of aliphatic hydroxyl groups is 1. The molecule has 1 amide bonds. The fourth-order valence-electron chi connectivity index (χ4n) is 1.35. The lowest BCUT2D eigenvalue weighted by atomic mass is 10.2. The highest BCUT2D eigenvalue weighted by atomic mass is 16.4. The summed E-state index contributed by atoms with van der Waals surface area (Å²) in [6.45, 7) is 1.64. The zero-order chi connectivity index (χ0) is 13.5. The van der Waals surface area contributed by atoms with E-state index in [1.807, 2.05) is 6.92 Å². The average Bonchev–Trinajstić information content (AvgIpc) is 2.77. The Labute approximate surface area is 103 Å². The number of carbonyl (C=O) groups is 2. The molecule has 1 rings (SSSR count). The van der Waals surface area contributed by atoms with Crippen molar-refractivity contribution in [2.24, 2.45) is 0 Å². The first-order chi connectivity index (χ1) is 8.58. The number of hydrogen-bond donors (Lipinski definition) is 4. The van der Waals surface area contributed by atoms with Crippen LogP contribution >= 0.6 is 0 Å². The number of H-pyrrole nitrogens is 1. The molecule has 8 nitrogen and oxygen atoms in total. The van der Waals surface area contributed by atoms with E-state index in [9.17, 15) is 9.59 Å². The number of nitrogens with one attached hydrogen (secondary N) is 2. The van der Waals surface area contributed by atoms with Crippen LogP contribution in [0, 0.1) is 0 Å². The van der Waals surface area contributed by atoms with Crippen LogP contribution in [-0.2, 0) is 11.2 Å². The van der Waals surface area contributed by atoms with Crippen molar-refractivity contribution < 1.29 is 19.8 Å². The lowest BCUT2D eigenvalue weighted by Gasteiger charge is -2.11. The Morgan fingerprint density at radius 2 is 2.22 bits per heavy atom. The Morgan fingerprint density at radius 3 is 2.78 bits per heavy atom. The molecule has 0 saturated heterocycles. The molecular formula is C10H16N4O4. The summed E-state index contributed by atoms with van der Waals surface area (Å²) in [6, 6.07) is -1.14. The van der Waals surface area contributed by atoms with Gasteiger partial charge in [-0.05, 0) is 6.42 Å². The molecule has 0 bridgehead atoms. The molecule has 4 N–H and O–H groups in total. The van der Waals surface area contributed by atoms with E-state index in [1.54, 1.807) is 0 Å². The first-order valence-electron chi connectivity index (χ1n) is 5.64. The number of aromatic nitrogens is 3. The fourth-order valence-corrected chi connectivity index (χ4v) is 1.35. The lowest BCUT2D eigenvalue weighted by molar-refractivity contribution is -0.139. The number of carbonyl (C=O) groups excluding carboxylic acids is 1. The van der Waals surface area contributed by atoms with E-state index in [1.165, 1.54) is 0 Å². The first kappa shape index (κ1) is 14.1. The Morgan fingerprint density at radius 1 is 1.50 bits per heavy atom. The van der Waals surface area contributed by atoms with Gasteiger partial charge in [-0.3, -0.25) is 9.89 Å². The minimum absolute atomic E-state index is 0.0622. The molecule has 0 radical (unpaired) electrons. The summed E-state index contributed by atoms with van der Waals surface area (Å²) in [4.78, 5) is 26.4. The van der Waals surface area contributed by atoms with Crippen LogP contribution in [0.5, 0.6) is 0 Å².